The Hall–Kier alpha value is -1.63. The number of carbonyl (C=O) groups excluding carboxylic acids is 2. The van der Waals surface area contributed by atoms with Crippen LogP contribution in [0.2, 0.25) is 0 Å². The van der Waals surface area contributed by atoms with E-state index in [1.807, 2.05) is 6.92 Å². The third-order valence-corrected chi connectivity index (χ3v) is 3.69. The zero-order valence-electron chi connectivity index (χ0n) is 10.8. The summed E-state index contributed by atoms with van der Waals surface area (Å²) >= 11 is 0. The van der Waals surface area contributed by atoms with E-state index in [1.54, 1.807) is 4.90 Å². The van der Waals surface area contributed by atoms with Crippen molar-refractivity contribution in [2.45, 2.75) is 19.4 Å². The van der Waals surface area contributed by atoms with E-state index < -0.39 is 17.9 Å². The quantitative estimate of drug-likeness (QED) is 0.688. The van der Waals surface area contributed by atoms with Crippen molar-refractivity contribution in [3.63, 3.8) is 0 Å². The molecule has 3 atom stereocenters. The molecule has 2 saturated heterocycles. The molecule has 0 bridgehead atoms. The second kappa shape index (κ2) is 5.56. The topological polar surface area (TPSA) is 95.9 Å². The summed E-state index contributed by atoms with van der Waals surface area (Å²) in [5, 5.41) is 11.7. The second-order valence-corrected chi connectivity index (χ2v) is 4.93. The maximum absolute atomic E-state index is 12.0. The second-order valence-electron chi connectivity index (χ2n) is 4.93. The van der Waals surface area contributed by atoms with Crippen LogP contribution in [0, 0.1) is 11.8 Å². The minimum Gasteiger partial charge on any atom is -0.481 e. The first-order chi connectivity index (χ1) is 9.02. The van der Waals surface area contributed by atoms with Gasteiger partial charge in [0, 0.05) is 19.5 Å². The number of aliphatic carboxylic acids is 1. The molecule has 2 aliphatic heterocycles. The van der Waals surface area contributed by atoms with Crippen LogP contribution < -0.4 is 5.32 Å². The van der Waals surface area contributed by atoms with Crippen molar-refractivity contribution in [1.29, 1.82) is 0 Å². The zero-order valence-corrected chi connectivity index (χ0v) is 10.8. The number of ether oxygens (including phenoxy) is 1. The number of carboxylic acids is 1. The highest BCUT2D eigenvalue weighted by molar-refractivity contribution is 5.89. The predicted molar refractivity (Wildman–Crippen MR) is 64.2 cm³/mol. The third-order valence-electron chi connectivity index (χ3n) is 3.69. The van der Waals surface area contributed by atoms with Crippen LogP contribution in [-0.2, 0) is 19.1 Å². The number of rotatable bonds is 4. The average molecular weight is 270 g/mol. The maximum Gasteiger partial charge on any atom is 0.311 e. The van der Waals surface area contributed by atoms with Gasteiger partial charge in [0.15, 0.2) is 0 Å². The molecule has 2 fully saturated rings. The minimum atomic E-state index is -0.972. The maximum atomic E-state index is 12.0. The third kappa shape index (κ3) is 2.86. The van der Waals surface area contributed by atoms with Crippen LogP contribution in [0.1, 0.15) is 13.3 Å². The molecule has 0 aromatic heterocycles. The first-order valence-electron chi connectivity index (χ1n) is 6.41. The number of carbonyl (C=O) groups is 3. The number of likely N-dealkylation sites (tertiary alicyclic amines) is 1. The van der Waals surface area contributed by atoms with E-state index >= 15 is 0 Å². The van der Waals surface area contributed by atoms with Gasteiger partial charge >= 0.3 is 5.97 Å². The van der Waals surface area contributed by atoms with Gasteiger partial charge in [-0.2, -0.15) is 0 Å². The van der Waals surface area contributed by atoms with Gasteiger partial charge in [-0.3, -0.25) is 14.4 Å². The number of amides is 2. The minimum absolute atomic E-state index is 0.0277. The highest BCUT2D eigenvalue weighted by Crippen LogP contribution is 2.19. The van der Waals surface area contributed by atoms with Crippen LogP contribution in [-0.4, -0.2) is 60.1 Å². The SMILES string of the molecule is CCN1CC(C(=O)NC2COCC2C(=O)O)CC1=O. The smallest absolute Gasteiger partial charge is 0.311 e. The van der Waals surface area contributed by atoms with Crippen molar-refractivity contribution in [2.24, 2.45) is 11.8 Å². The number of carboxylic acid groups (broad SMARTS) is 1. The van der Waals surface area contributed by atoms with Crippen LogP contribution in [0.5, 0.6) is 0 Å². The largest absolute Gasteiger partial charge is 0.481 e. The molecule has 0 saturated carbocycles. The Balaban J connectivity index is 1.91. The van der Waals surface area contributed by atoms with E-state index in [1.165, 1.54) is 0 Å². The molecule has 7 heteroatoms. The lowest BCUT2D eigenvalue weighted by atomic mass is 10.0. The summed E-state index contributed by atoms with van der Waals surface area (Å²) in [6.07, 6.45) is 0.199. The zero-order chi connectivity index (χ0) is 14.0. The molecular formula is C12H18N2O5. The van der Waals surface area contributed by atoms with E-state index in [-0.39, 0.29) is 37.4 Å². The number of nitrogens with zero attached hydrogens (tertiary/aromatic N) is 1. The van der Waals surface area contributed by atoms with Gasteiger partial charge in [0.2, 0.25) is 11.8 Å². The lowest BCUT2D eigenvalue weighted by Gasteiger charge is -2.18. The van der Waals surface area contributed by atoms with Gasteiger partial charge < -0.3 is 20.1 Å². The van der Waals surface area contributed by atoms with E-state index in [2.05, 4.69) is 5.32 Å². The fourth-order valence-corrected chi connectivity index (χ4v) is 2.49. The molecule has 0 aromatic carbocycles. The molecule has 0 radical (unpaired) electrons. The van der Waals surface area contributed by atoms with Gasteiger partial charge in [-0.1, -0.05) is 0 Å². The molecular weight excluding hydrogens is 252 g/mol. The van der Waals surface area contributed by atoms with Gasteiger partial charge in [0.05, 0.1) is 25.2 Å². The molecule has 19 heavy (non-hydrogen) atoms. The Kier molecular flexibility index (Phi) is 4.04. The Morgan fingerprint density at radius 2 is 2.21 bits per heavy atom. The molecule has 0 aliphatic carbocycles. The fraction of sp³-hybridized carbons (Fsp3) is 0.750. The van der Waals surface area contributed by atoms with Crippen LogP contribution in [0.25, 0.3) is 0 Å². The van der Waals surface area contributed by atoms with Crippen LogP contribution in [0.3, 0.4) is 0 Å². The summed E-state index contributed by atoms with van der Waals surface area (Å²) in [4.78, 5) is 36.2. The Labute approximate surface area is 110 Å². The van der Waals surface area contributed by atoms with Crippen molar-refractivity contribution in [1.82, 2.24) is 10.2 Å². The Bertz CT molecular complexity index is 398. The average Bonchev–Trinajstić information content (AvgIpc) is 2.95. The first-order valence-corrected chi connectivity index (χ1v) is 6.41. The summed E-state index contributed by atoms with van der Waals surface area (Å²) in [5.74, 6) is -2.35. The highest BCUT2D eigenvalue weighted by atomic mass is 16.5. The normalized spacial score (nSPS) is 30.7. The molecule has 2 aliphatic rings. The van der Waals surface area contributed by atoms with E-state index in [0.717, 1.165) is 0 Å². The lowest BCUT2D eigenvalue weighted by Crippen LogP contribution is -2.45. The van der Waals surface area contributed by atoms with Crippen molar-refractivity contribution < 1.29 is 24.2 Å². The van der Waals surface area contributed by atoms with Gasteiger partial charge in [0.1, 0.15) is 5.92 Å². The molecule has 106 valence electrons. The highest BCUT2D eigenvalue weighted by Gasteiger charge is 2.39. The summed E-state index contributed by atoms with van der Waals surface area (Å²) in [6.45, 7) is 3.19. The summed E-state index contributed by atoms with van der Waals surface area (Å²) < 4.78 is 5.09. The summed E-state index contributed by atoms with van der Waals surface area (Å²) in [6, 6.07) is -0.504. The van der Waals surface area contributed by atoms with Crippen molar-refractivity contribution in [2.75, 3.05) is 26.3 Å². The van der Waals surface area contributed by atoms with E-state index in [9.17, 15) is 14.4 Å². The molecule has 2 amide bonds. The number of hydrogen-bond donors (Lipinski definition) is 2. The molecule has 0 aromatic rings. The molecule has 0 spiro atoms. The molecule has 7 nitrogen and oxygen atoms in total. The first kappa shape index (κ1) is 13.8. The summed E-state index contributed by atoms with van der Waals surface area (Å²) in [7, 11) is 0. The van der Waals surface area contributed by atoms with Crippen molar-refractivity contribution >= 4 is 17.8 Å². The van der Waals surface area contributed by atoms with Gasteiger partial charge in [-0.15, -0.1) is 0 Å². The van der Waals surface area contributed by atoms with Gasteiger partial charge in [0.25, 0.3) is 0 Å². The van der Waals surface area contributed by atoms with Crippen LogP contribution >= 0.6 is 0 Å². The van der Waals surface area contributed by atoms with Crippen LogP contribution in [0.4, 0.5) is 0 Å². The van der Waals surface area contributed by atoms with Crippen molar-refractivity contribution in [3.05, 3.63) is 0 Å². The summed E-state index contributed by atoms with van der Waals surface area (Å²) in [5.41, 5.74) is 0. The molecule has 3 unspecified atom stereocenters. The van der Waals surface area contributed by atoms with Gasteiger partial charge in [-0.25, -0.2) is 0 Å². The standard InChI is InChI=1S/C12H18N2O5/c1-2-14-4-7(3-10(14)15)11(16)13-9-6-19-5-8(9)12(17)18/h7-9H,2-6H2,1H3,(H,13,16)(H,17,18). The van der Waals surface area contributed by atoms with Crippen molar-refractivity contribution in [3.8, 4) is 0 Å². The molecule has 2 heterocycles. The number of nitrogens with one attached hydrogen (secondary N) is 1. The monoisotopic (exact) mass is 270 g/mol. The molecule has 2 N–H and O–H groups in total. The molecule has 2 rings (SSSR count). The van der Waals surface area contributed by atoms with E-state index in [0.29, 0.717) is 13.1 Å². The predicted octanol–water partition coefficient (Wildman–Crippen LogP) is -0.929. The van der Waals surface area contributed by atoms with Gasteiger partial charge in [-0.05, 0) is 6.92 Å². The fourth-order valence-electron chi connectivity index (χ4n) is 2.49. The van der Waals surface area contributed by atoms with Crippen LogP contribution in [0.15, 0.2) is 0 Å². The lowest BCUT2D eigenvalue weighted by molar-refractivity contribution is -0.142. The Morgan fingerprint density at radius 1 is 1.47 bits per heavy atom. The number of hydrogen-bond acceptors (Lipinski definition) is 4. The Morgan fingerprint density at radius 3 is 2.79 bits per heavy atom. The van der Waals surface area contributed by atoms with E-state index in [4.69, 9.17) is 9.84 Å².